The van der Waals surface area contributed by atoms with E-state index in [-0.39, 0.29) is 23.9 Å². The van der Waals surface area contributed by atoms with Gasteiger partial charge in [0.15, 0.2) is 0 Å². The molecule has 1 aliphatic heterocycles. The topological polar surface area (TPSA) is 29.1 Å². The predicted octanol–water partition coefficient (Wildman–Crippen LogP) is 1.10. The zero-order valence-electron chi connectivity index (χ0n) is 5.73. The summed E-state index contributed by atoms with van der Waals surface area (Å²) < 4.78 is 0. The zero-order valence-corrected chi connectivity index (χ0v) is 6.55. The average Bonchev–Trinajstić information content (AvgIpc) is 1.82. The van der Waals surface area contributed by atoms with E-state index in [1.54, 1.807) is 0 Å². The highest BCUT2D eigenvalue weighted by Gasteiger charge is 2.27. The van der Waals surface area contributed by atoms with Crippen LogP contribution in [-0.4, -0.2) is 11.4 Å². The van der Waals surface area contributed by atoms with Crippen molar-refractivity contribution < 1.29 is 4.79 Å². The minimum atomic E-state index is 0. The van der Waals surface area contributed by atoms with Gasteiger partial charge in [0.1, 0.15) is 0 Å². The Hall–Kier alpha value is -0.240. The fraction of sp³-hybridized carbons (Fsp3) is 0.833. The van der Waals surface area contributed by atoms with Crippen LogP contribution in [0.5, 0.6) is 0 Å². The van der Waals surface area contributed by atoms with Crippen molar-refractivity contribution in [2.45, 2.75) is 32.2 Å². The van der Waals surface area contributed by atoms with Crippen molar-refractivity contribution in [1.29, 1.82) is 0 Å². The number of carbonyl (C=O) groups is 1. The lowest BCUT2D eigenvalue weighted by atomic mass is 10.0. The van der Waals surface area contributed by atoms with Crippen LogP contribution in [0.25, 0.3) is 0 Å². The van der Waals surface area contributed by atoms with E-state index < -0.39 is 0 Å². The summed E-state index contributed by atoms with van der Waals surface area (Å²) in [6.45, 7) is 4.08. The summed E-state index contributed by atoms with van der Waals surface area (Å²) >= 11 is 0. The van der Waals surface area contributed by atoms with Crippen molar-refractivity contribution in [3.8, 4) is 0 Å². The molecule has 3 heteroatoms. The molecule has 0 atom stereocenters. The van der Waals surface area contributed by atoms with Crippen LogP contribution in [0.3, 0.4) is 0 Å². The molecule has 1 aliphatic rings. The normalized spacial score (nSPS) is 22.7. The Morgan fingerprint density at radius 3 is 2.22 bits per heavy atom. The van der Waals surface area contributed by atoms with Crippen molar-refractivity contribution in [3.63, 3.8) is 0 Å². The maximum atomic E-state index is 10.5. The van der Waals surface area contributed by atoms with Gasteiger partial charge < -0.3 is 5.32 Å². The standard InChI is InChI=1S/C6H11NO.ClH/c1-6(2)4-3-5(8)7-6;/h3-4H2,1-2H3,(H,7,8);1H. The fourth-order valence-electron chi connectivity index (χ4n) is 0.928. The molecule has 0 aromatic rings. The minimum Gasteiger partial charge on any atom is -0.351 e. The van der Waals surface area contributed by atoms with Gasteiger partial charge in [0.25, 0.3) is 0 Å². The van der Waals surface area contributed by atoms with E-state index in [4.69, 9.17) is 0 Å². The van der Waals surface area contributed by atoms with Crippen molar-refractivity contribution >= 4 is 18.3 Å². The molecule has 0 aliphatic carbocycles. The van der Waals surface area contributed by atoms with Gasteiger partial charge in [0, 0.05) is 12.0 Å². The molecule has 54 valence electrons. The lowest BCUT2D eigenvalue weighted by molar-refractivity contribution is -0.119. The molecule has 1 amide bonds. The molecule has 1 heterocycles. The Morgan fingerprint density at radius 2 is 2.11 bits per heavy atom. The monoisotopic (exact) mass is 149 g/mol. The summed E-state index contributed by atoms with van der Waals surface area (Å²) in [6.07, 6.45) is 1.68. The van der Waals surface area contributed by atoms with Gasteiger partial charge in [-0.2, -0.15) is 0 Å². The van der Waals surface area contributed by atoms with Crippen molar-refractivity contribution in [1.82, 2.24) is 5.32 Å². The van der Waals surface area contributed by atoms with Crippen LogP contribution < -0.4 is 5.32 Å². The van der Waals surface area contributed by atoms with Crippen LogP contribution in [0.2, 0.25) is 0 Å². The molecule has 0 bridgehead atoms. The minimum absolute atomic E-state index is 0. The first-order valence-corrected chi connectivity index (χ1v) is 2.91. The molecule has 1 N–H and O–H groups in total. The second-order valence-corrected chi connectivity index (χ2v) is 2.93. The van der Waals surface area contributed by atoms with E-state index >= 15 is 0 Å². The van der Waals surface area contributed by atoms with Gasteiger partial charge in [-0.1, -0.05) is 0 Å². The highest BCUT2D eigenvalue weighted by atomic mass is 35.5. The second-order valence-electron chi connectivity index (χ2n) is 2.93. The van der Waals surface area contributed by atoms with E-state index in [0.717, 1.165) is 6.42 Å². The molecule has 0 aromatic carbocycles. The van der Waals surface area contributed by atoms with Gasteiger partial charge in [-0.05, 0) is 20.3 Å². The Bertz CT molecular complexity index is 122. The number of nitrogens with one attached hydrogen (secondary N) is 1. The largest absolute Gasteiger partial charge is 0.351 e. The SMILES string of the molecule is CC1(C)CCC(=O)N1.Cl. The lowest BCUT2D eigenvalue weighted by Gasteiger charge is -2.15. The number of halogens is 1. The summed E-state index contributed by atoms with van der Waals surface area (Å²) in [7, 11) is 0. The van der Waals surface area contributed by atoms with Crippen LogP contribution >= 0.6 is 12.4 Å². The summed E-state index contributed by atoms with van der Waals surface area (Å²) in [6, 6.07) is 0. The first kappa shape index (κ1) is 8.76. The first-order chi connectivity index (χ1) is 3.60. The zero-order chi connectivity index (χ0) is 6.20. The van der Waals surface area contributed by atoms with Gasteiger partial charge in [-0.3, -0.25) is 4.79 Å². The number of amides is 1. The molecule has 1 rings (SSSR count). The molecule has 1 fully saturated rings. The van der Waals surface area contributed by atoms with E-state index in [0.29, 0.717) is 6.42 Å². The summed E-state index contributed by atoms with van der Waals surface area (Å²) in [5.41, 5.74) is 0.0666. The molecular formula is C6H12ClNO. The number of hydrogen-bond donors (Lipinski definition) is 1. The summed E-state index contributed by atoms with van der Waals surface area (Å²) in [4.78, 5) is 10.5. The molecule has 0 unspecified atom stereocenters. The number of hydrogen-bond acceptors (Lipinski definition) is 1. The average molecular weight is 150 g/mol. The van der Waals surface area contributed by atoms with Gasteiger partial charge in [0.2, 0.25) is 5.91 Å². The summed E-state index contributed by atoms with van der Waals surface area (Å²) in [5, 5.41) is 2.85. The fourth-order valence-corrected chi connectivity index (χ4v) is 0.928. The molecular weight excluding hydrogens is 138 g/mol. The second kappa shape index (κ2) is 2.56. The highest BCUT2D eigenvalue weighted by Crippen LogP contribution is 2.17. The van der Waals surface area contributed by atoms with Gasteiger partial charge in [0.05, 0.1) is 0 Å². The number of rotatable bonds is 0. The third-order valence-corrected chi connectivity index (χ3v) is 1.45. The van der Waals surface area contributed by atoms with Gasteiger partial charge in [-0.15, -0.1) is 12.4 Å². The van der Waals surface area contributed by atoms with E-state index in [2.05, 4.69) is 5.32 Å². The van der Waals surface area contributed by atoms with Gasteiger partial charge >= 0.3 is 0 Å². The van der Waals surface area contributed by atoms with Crippen LogP contribution in [0.4, 0.5) is 0 Å². The molecule has 0 saturated carbocycles. The molecule has 1 saturated heterocycles. The quantitative estimate of drug-likeness (QED) is 0.549. The Labute approximate surface area is 61.4 Å². The molecule has 0 radical (unpaired) electrons. The van der Waals surface area contributed by atoms with Crippen LogP contribution in [0.1, 0.15) is 26.7 Å². The van der Waals surface area contributed by atoms with Crippen molar-refractivity contribution in [2.75, 3.05) is 0 Å². The van der Waals surface area contributed by atoms with Crippen molar-refractivity contribution in [3.05, 3.63) is 0 Å². The maximum absolute atomic E-state index is 10.5. The number of carbonyl (C=O) groups excluding carboxylic acids is 1. The molecule has 0 aromatic heterocycles. The Balaban J connectivity index is 0.000000640. The van der Waals surface area contributed by atoms with E-state index in [1.807, 2.05) is 13.8 Å². The molecule has 9 heavy (non-hydrogen) atoms. The molecule has 0 spiro atoms. The summed E-state index contributed by atoms with van der Waals surface area (Å²) in [5.74, 6) is 0.190. The Morgan fingerprint density at radius 1 is 1.56 bits per heavy atom. The van der Waals surface area contributed by atoms with E-state index in [1.165, 1.54) is 0 Å². The lowest BCUT2D eigenvalue weighted by Crippen LogP contribution is -2.34. The van der Waals surface area contributed by atoms with Crippen LogP contribution in [0, 0.1) is 0 Å². The van der Waals surface area contributed by atoms with E-state index in [9.17, 15) is 4.79 Å². The third kappa shape index (κ3) is 2.22. The van der Waals surface area contributed by atoms with Gasteiger partial charge in [-0.25, -0.2) is 0 Å². The Kier molecular flexibility index (Phi) is 2.50. The smallest absolute Gasteiger partial charge is 0.220 e. The third-order valence-electron chi connectivity index (χ3n) is 1.45. The highest BCUT2D eigenvalue weighted by molar-refractivity contribution is 5.85. The van der Waals surface area contributed by atoms with Crippen LogP contribution in [0.15, 0.2) is 0 Å². The first-order valence-electron chi connectivity index (χ1n) is 2.91. The van der Waals surface area contributed by atoms with Crippen molar-refractivity contribution in [2.24, 2.45) is 0 Å². The predicted molar refractivity (Wildman–Crippen MR) is 38.7 cm³/mol. The maximum Gasteiger partial charge on any atom is 0.220 e. The molecule has 2 nitrogen and oxygen atoms in total. The van der Waals surface area contributed by atoms with Crippen LogP contribution in [-0.2, 0) is 4.79 Å².